The molecule has 0 spiro atoms. The maximum atomic E-state index is 14.0. The largest absolute Gasteiger partial charge is 0.489 e. The lowest BCUT2D eigenvalue weighted by Gasteiger charge is -2.40. The number of ether oxygens (including phenoxy) is 2. The minimum atomic E-state index is -2.46. The lowest BCUT2D eigenvalue weighted by Crippen LogP contribution is -2.58. The molecule has 0 aliphatic carbocycles. The molecule has 0 N–H and O–H groups in total. The molecule has 2 fully saturated rings. The highest BCUT2D eigenvalue weighted by Gasteiger charge is 2.46. The average Bonchev–Trinajstić information content (AvgIpc) is 3.04. The molecule has 2 saturated heterocycles. The van der Waals surface area contributed by atoms with Crippen molar-refractivity contribution in [2.45, 2.75) is 70.7 Å². The second kappa shape index (κ2) is 10.5. The van der Waals surface area contributed by atoms with E-state index in [-0.39, 0.29) is 59.7 Å². The first kappa shape index (κ1) is 28.9. The highest BCUT2D eigenvalue weighted by molar-refractivity contribution is 6.42. The number of fused-ring (bicyclic) bond motifs is 2. The maximum absolute atomic E-state index is 14.0. The third kappa shape index (κ3) is 5.74. The van der Waals surface area contributed by atoms with Crippen molar-refractivity contribution in [3.05, 3.63) is 15.7 Å². The molecule has 0 aromatic carbocycles. The predicted molar refractivity (Wildman–Crippen MR) is 141 cm³/mol. The smallest absolute Gasteiger partial charge is 0.410 e. The monoisotopic (exact) mass is 577 g/mol. The molecule has 0 radical (unpaired) electrons. The van der Waals surface area contributed by atoms with Gasteiger partial charge in [0.2, 0.25) is 0 Å². The molecule has 1 aromatic heterocycles. The van der Waals surface area contributed by atoms with Gasteiger partial charge in [-0.25, -0.2) is 18.6 Å². The van der Waals surface area contributed by atoms with Crippen LogP contribution in [-0.2, 0) is 4.74 Å². The molecule has 4 rings (SSSR count). The van der Waals surface area contributed by atoms with Crippen LogP contribution < -0.4 is 9.64 Å². The van der Waals surface area contributed by atoms with E-state index < -0.39 is 29.7 Å². The van der Waals surface area contributed by atoms with Gasteiger partial charge in [0, 0.05) is 37.8 Å². The molecule has 38 heavy (non-hydrogen) atoms. The van der Waals surface area contributed by atoms with Crippen LogP contribution in [0.3, 0.4) is 0 Å². The Morgan fingerprint density at radius 1 is 1.26 bits per heavy atom. The normalized spacial score (nSPS) is 23.4. The number of carbonyl (C=O) groups is 2. The second-order valence-corrected chi connectivity index (χ2v) is 12.5. The molecule has 3 aliphatic rings. The SMILES string of the molecule is CN(CC(F)F)C1CN(c2nc(Cl)c(Cl)c3c2C(=O)N2CCN(C(=O)OC(C)(C)C)C[C@@H]2CO3)C(C)(C)C1. The average molecular weight is 578 g/mol. The number of hydrogen-bond acceptors (Lipinski definition) is 7. The summed E-state index contributed by atoms with van der Waals surface area (Å²) < 4.78 is 37.8. The fourth-order valence-electron chi connectivity index (χ4n) is 5.35. The first-order valence-corrected chi connectivity index (χ1v) is 13.4. The van der Waals surface area contributed by atoms with Crippen LogP contribution in [-0.4, -0.2) is 108 Å². The van der Waals surface area contributed by atoms with Crippen molar-refractivity contribution in [2.75, 3.05) is 51.3 Å². The van der Waals surface area contributed by atoms with Crippen LogP contribution in [0.1, 0.15) is 51.4 Å². The van der Waals surface area contributed by atoms with E-state index in [1.807, 2.05) is 18.7 Å². The Morgan fingerprint density at radius 3 is 2.58 bits per heavy atom. The molecular formula is C25H35Cl2F2N5O4. The van der Waals surface area contributed by atoms with Crippen molar-refractivity contribution in [2.24, 2.45) is 0 Å². The van der Waals surface area contributed by atoms with Gasteiger partial charge >= 0.3 is 6.09 Å². The molecule has 0 saturated carbocycles. The van der Waals surface area contributed by atoms with Crippen molar-refractivity contribution >= 4 is 41.0 Å². The minimum Gasteiger partial charge on any atom is -0.489 e. The highest BCUT2D eigenvalue weighted by Crippen LogP contribution is 2.45. The van der Waals surface area contributed by atoms with Gasteiger partial charge in [0.15, 0.2) is 10.9 Å². The Labute approximate surface area is 231 Å². The van der Waals surface area contributed by atoms with Crippen LogP contribution in [0.5, 0.6) is 5.75 Å². The Hall–Kier alpha value is -2.11. The van der Waals surface area contributed by atoms with Crippen LogP contribution in [0, 0.1) is 0 Å². The number of hydrogen-bond donors (Lipinski definition) is 0. The second-order valence-electron chi connectivity index (χ2n) is 11.7. The van der Waals surface area contributed by atoms with Gasteiger partial charge in [0.1, 0.15) is 28.6 Å². The number of piperazine rings is 1. The Balaban J connectivity index is 1.66. The molecule has 4 heterocycles. The van der Waals surface area contributed by atoms with Crippen LogP contribution in [0.4, 0.5) is 19.4 Å². The summed E-state index contributed by atoms with van der Waals surface area (Å²) in [6.07, 6.45) is -2.32. The maximum Gasteiger partial charge on any atom is 0.410 e. The first-order chi connectivity index (χ1) is 17.6. The van der Waals surface area contributed by atoms with E-state index in [1.165, 1.54) is 0 Å². The lowest BCUT2D eigenvalue weighted by molar-refractivity contribution is 0.000950. The molecule has 3 aliphatic heterocycles. The van der Waals surface area contributed by atoms with E-state index in [4.69, 9.17) is 32.7 Å². The van der Waals surface area contributed by atoms with Crippen molar-refractivity contribution in [1.82, 2.24) is 19.7 Å². The zero-order chi connectivity index (χ0) is 28.2. The van der Waals surface area contributed by atoms with E-state index in [2.05, 4.69) is 4.98 Å². The lowest BCUT2D eigenvalue weighted by atomic mass is 9.99. The molecule has 13 heteroatoms. The van der Waals surface area contributed by atoms with Gasteiger partial charge < -0.3 is 24.2 Å². The molecule has 1 unspecified atom stereocenters. The summed E-state index contributed by atoms with van der Waals surface area (Å²) in [4.78, 5) is 38.0. The van der Waals surface area contributed by atoms with Gasteiger partial charge in [-0.05, 0) is 48.1 Å². The number of rotatable bonds is 4. The van der Waals surface area contributed by atoms with Crippen molar-refractivity contribution in [1.29, 1.82) is 0 Å². The summed E-state index contributed by atoms with van der Waals surface area (Å²) in [5, 5.41) is 0.0228. The zero-order valence-corrected chi connectivity index (χ0v) is 24.1. The number of nitrogens with zero attached hydrogens (tertiary/aromatic N) is 5. The molecule has 1 aromatic rings. The van der Waals surface area contributed by atoms with Crippen molar-refractivity contribution in [3.63, 3.8) is 0 Å². The predicted octanol–water partition coefficient (Wildman–Crippen LogP) is 4.40. The zero-order valence-electron chi connectivity index (χ0n) is 22.6. The molecule has 0 bridgehead atoms. The van der Waals surface area contributed by atoms with E-state index >= 15 is 0 Å². The molecule has 9 nitrogen and oxygen atoms in total. The Bertz CT molecular complexity index is 1100. The summed E-state index contributed by atoms with van der Waals surface area (Å²) >= 11 is 12.9. The third-order valence-electron chi connectivity index (χ3n) is 7.23. The number of halogens is 4. The van der Waals surface area contributed by atoms with E-state index in [0.29, 0.717) is 25.3 Å². The van der Waals surface area contributed by atoms with Crippen LogP contribution >= 0.6 is 23.2 Å². The number of carbonyl (C=O) groups excluding carboxylic acids is 2. The summed E-state index contributed by atoms with van der Waals surface area (Å²) in [5.41, 5.74) is -0.965. The summed E-state index contributed by atoms with van der Waals surface area (Å²) in [6.45, 7) is 10.3. The molecule has 2 atom stereocenters. The number of likely N-dealkylation sites (N-methyl/N-ethyl adjacent to an activating group) is 1. The standard InChI is InChI=1S/C25H35Cl2F2N5O4/c1-24(2,3)38-23(36)32-7-8-33-15(10-32)13-37-19-17(22(33)35)21(30-20(27)18(19)26)34-11-14(9-25(34,4)5)31(6)12-16(28)29/h14-16H,7-13H2,1-6H3/t14?,15-/m1/s1. The van der Waals surface area contributed by atoms with Crippen molar-refractivity contribution in [3.8, 4) is 5.75 Å². The van der Waals surface area contributed by atoms with Crippen LogP contribution in [0.25, 0.3) is 0 Å². The number of amides is 2. The van der Waals surface area contributed by atoms with E-state index in [9.17, 15) is 18.4 Å². The van der Waals surface area contributed by atoms with Gasteiger partial charge in [-0.2, -0.15) is 0 Å². The summed E-state index contributed by atoms with van der Waals surface area (Å²) in [7, 11) is 1.67. The number of alkyl halides is 2. The number of pyridine rings is 1. The van der Waals surface area contributed by atoms with Gasteiger partial charge in [-0.1, -0.05) is 23.2 Å². The Morgan fingerprint density at radius 2 is 1.95 bits per heavy atom. The highest BCUT2D eigenvalue weighted by atomic mass is 35.5. The minimum absolute atomic E-state index is 0.0105. The molecule has 2 amide bonds. The quantitative estimate of drug-likeness (QED) is 0.491. The number of aromatic nitrogens is 1. The van der Waals surface area contributed by atoms with Gasteiger partial charge in [-0.3, -0.25) is 9.69 Å². The Kier molecular flexibility index (Phi) is 7.95. The summed E-state index contributed by atoms with van der Waals surface area (Å²) in [6, 6.07) is -0.617. The summed E-state index contributed by atoms with van der Waals surface area (Å²) in [5.74, 6) is 0.130. The van der Waals surface area contributed by atoms with Crippen molar-refractivity contribution < 1.29 is 27.8 Å². The molecule has 212 valence electrons. The third-order valence-corrected chi connectivity index (χ3v) is 7.95. The van der Waals surface area contributed by atoms with Gasteiger partial charge in [0.05, 0.1) is 12.6 Å². The van der Waals surface area contributed by atoms with Crippen LogP contribution in [0.2, 0.25) is 10.2 Å². The van der Waals surface area contributed by atoms with Gasteiger partial charge in [0.25, 0.3) is 12.3 Å². The first-order valence-electron chi connectivity index (χ1n) is 12.7. The fraction of sp³-hybridized carbons (Fsp3) is 0.720. The van der Waals surface area contributed by atoms with E-state index in [0.717, 1.165) is 0 Å². The van der Waals surface area contributed by atoms with Gasteiger partial charge in [-0.15, -0.1) is 0 Å². The number of anilines is 1. The fourth-order valence-corrected chi connectivity index (χ4v) is 5.71. The topological polar surface area (TPSA) is 78.5 Å². The van der Waals surface area contributed by atoms with Crippen LogP contribution in [0.15, 0.2) is 0 Å². The van der Waals surface area contributed by atoms with E-state index in [1.54, 1.807) is 42.5 Å². The molecular weight excluding hydrogens is 543 g/mol.